The number of likely N-dealkylation sites (N-methyl/N-ethyl adjacent to an activating group) is 1. The summed E-state index contributed by atoms with van der Waals surface area (Å²) in [5, 5.41) is 2.73. The number of amides is 2. The lowest BCUT2D eigenvalue weighted by atomic mass is 10.1. The smallest absolute Gasteiger partial charge is 0.290 e. The fraction of sp³-hybridized carbons (Fsp3) is 0.400. The number of nitrogens with one attached hydrogen (secondary N) is 1. The van der Waals surface area contributed by atoms with Crippen molar-refractivity contribution in [2.45, 2.75) is 12.8 Å². The molecule has 1 unspecified atom stereocenters. The Hall–Kier alpha value is -1.69. The number of nitrogens with zero attached hydrogens (tertiary/aromatic N) is 1. The second kappa shape index (κ2) is 6.85. The van der Waals surface area contributed by atoms with Crippen molar-refractivity contribution in [1.82, 2.24) is 10.2 Å². The summed E-state index contributed by atoms with van der Waals surface area (Å²) in [6.45, 7) is 0.669. The number of hydrogen-bond donors (Lipinski definition) is 1. The van der Waals surface area contributed by atoms with Gasteiger partial charge in [0, 0.05) is 24.6 Å². The van der Waals surface area contributed by atoms with Gasteiger partial charge in [-0.1, -0.05) is 28.1 Å². The summed E-state index contributed by atoms with van der Waals surface area (Å²) in [4.78, 5) is 36.1. The molecule has 1 aliphatic rings. The fourth-order valence-corrected chi connectivity index (χ4v) is 2.75. The Labute approximate surface area is 131 Å². The summed E-state index contributed by atoms with van der Waals surface area (Å²) >= 11 is 3.41. The van der Waals surface area contributed by atoms with Crippen LogP contribution in [0.25, 0.3) is 0 Å². The van der Waals surface area contributed by atoms with E-state index < -0.39 is 17.6 Å². The van der Waals surface area contributed by atoms with Crippen molar-refractivity contribution in [2.24, 2.45) is 5.92 Å². The lowest BCUT2D eigenvalue weighted by molar-refractivity contribution is -0.142. The lowest BCUT2D eigenvalue weighted by Crippen LogP contribution is -2.36. The third-order valence-electron chi connectivity index (χ3n) is 3.48. The average Bonchev–Trinajstić information content (AvgIpc) is 2.71. The number of carbonyl (C=O) groups is 3. The van der Waals surface area contributed by atoms with Crippen molar-refractivity contribution in [3.05, 3.63) is 34.3 Å². The Morgan fingerprint density at radius 3 is 2.81 bits per heavy atom. The Morgan fingerprint density at radius 1 is 1.43 bits per heavy atom. The zero-order valence-corrected chi connectivity index (χ0v) is 13.4. The van der Waals surface area contributed by atoms with E-state index in [-0.39, 0.29) is 12.5 Å². The van der Waals surface area contributed by atoms with Crippen LogP contribution in [-0.4, -0.2) is 42.6 Å². The predicted octanol–water partition coefficient (Wildman–Crippen LogP) is 1.16. The van der Waals surface area contributed by atoms with E-state index in [2.05, 4.69) is 21.2 Å². The van der Waals surface area contributed by atoms with Gasteiger partial charge >= 0.3 is 0 Å². The predicted molar refractivity (Wildman–Crippen MR) is 81.6 cm³/mol. The summed E-state index contributed by atoms with van der Waals surface area (Å²) in [5.74, 6) is -2.40. The minimum absolute atomic E-state index is 0.176. The maximum atomic E-state index is 11.9. The Balaban J connectivity index is 1.75. The molecule has 112 valence electrons. The van der Waals surface area contributed by atoms with Gasteiger partial charge in [-0.2, -0.15) is 0 Å². The average molecular weight is 353 g/mol. The molecule has 1 N–H and O–H groups in total. The third kappa shape index (κ3) is 3.91. The van der Waals surface area contributed by atoms with Crippen LogP contribution in [0.1, 0.15) is 12.0 Å². The van der Waals surface area contributed by atoms with Crippen molar-refractivity contribution >= 4 is 33.5 Å². The zero-order valence-electron chi connectivity index (χ0n) is 11.8. The molecule has 1 heterocycles. The van der Waals surface area contributed by atoms with Gasteiger partial charge in [0.1, 0.15) is 5.92 Å². The van der Waals surface area contributed by atoms with E-state index in [1.54, 1.807) is 0 Å². The van der Waals surface area contributed by atoms with E-state index in [0.717, 1.165) is 17.3 Å². The number of benzene rings is 1. The molecule has 0 radical (unpaired) electrons. The first kappa shape index (κ1) is 15.7. The molecule has 0 saturated carbocycles. The number of Topliss-reactive ketones (excluding diaryl/α,β-unsaturated/α-hetero) is 1. The van der Waals surface area contributed by atoms with Crippen molar-refractivity contribution in [3.63, 3.8) is 0 Å². The van der Waals surface area contributed by atoms with Gasteiger partial charge in [-0.3, -0.25) is 14.4 Å². The van der Waals surface area contributed by atoms with E-state index >= 15 is 0 Å². The van der Waals surface area contributed by atoms with E-state index in [9.17, 15) is 14.4 Å². The number of likely N-dealkylation sites (tertiary alicyclic amines) is 1. The lowest BCUT2D eigenvalue weighted by Gasteiger charge is -2.10. The summed E-state index contributed by atoms with van der Waals surface area (Å²) in [5.41, 5.74) is 1.19. The van der Waals surface area contributed by atoms with Crippen LogP contribution in [0, 0.1) is 5.92 Å². The topological polar surface area (TPSA) is 66.5 Å². The number of halogens is 1. The van der Waals surface area contributed by atoms with Gasteiger partial charge in [0.05, 0.1) is 0 Å². The number of ketones is 1. The molecule has 6 heteroatoms. The van der Waals surface area contributed by atoms with Crippen LogP contribution in [0.15, 0.2) is 28.7 Å². The van der Waals surface area contributed by atoms with Crippen LogP contribution >= 0.6 is 15.9 Å². The van der Waals surface area contributed by atoms with E-state index in [0.29, 0.717) is 6.54 Å². The van der Waals surface area contributed by atoms with Crippen molar-refractivity contribution in [1.29, 1.82) is 0 Å². The highest BCUT2D eigenvalue weighted by molar-refractivity contribution is 9.10. The second-order valence-corrected chi connectivity index (χ2v) is 6.04. The van der Waals surface area contributed by atoms with E-state index in [1.165, 1.54) is 17.5 Å². The summed E-state index contributed by atoms with van der Waals surface area (Å²) in [6, 6.07) is 8.00. The Bertz CT molecular complexity index is 574. The highest BCUT2D eigenvalue weighted by Crippen LogP contribution is 2.14. The van der Waals surface area contributed by atoms with Gasteiger partial charge in [0.25, 0.3) is 5.91 Å². The van der Waals surface area contributed by atoms with Crippen LogP contribution in [0.5, 0.6) is 0 Å². The van der Waals surface area contributed by atoms with Crippen molar-refractivity contribution < 1.29 is 14.4 Å². The van der Waals surface area contributed by atoms with Gasteiger partial charge in [0.15, 0.2) is 0 Å². The molecule has 21 heavy (non-hydrogen) atoms. The monoisotopic (exact) mass is 352 g/mol. The molecule has 1 saturated heterocycles. The molecule has 1 fully saturated rings. The number of carbonyl (C=O) groups excluding carboxylic acids is 3. The molecular formula is C15H17BrN2O3. The largest absolute Gasteiger partial charge is 0.355 e. The molecular weight excluding hydrogens is 336 g/mol. The minimum atomic E-state index is -0.853. The maximum absolute atomic E-state index is 11.9. The van der Waals surface area contributed by atoms with Gasteiger partial charge in [0.2, 0.25) is 11.7 Å². The normalized spacial score (nSPS) is 18.2. The van der Waals surface area contributed by atoms with Gasteiger partial charge in [-0.25, -0.2) is 0 Å². The Kier molecular flexibility index (Phi) is 5.12. The highest BCUT2D eigenvalue weighted by atomic mass is 79.9. The number of hydrogen-bond acceptors (Lipinski definition) is 3. The molecule has 5 nitrogen and oxygen atoms in total. The third-order valence-corrected chi connectivity index (χ3v) is 3.97. The van der Waals surface area contributed by atoms with Gasteiger partial charge < -0.3 is 10.2 Å². The molecule has 1 atom stereocenters. The molecule has 0 bridgehead atoms. The molecule has 2 rings (SSSR count). The standard InChI is InChI=1S/C15H17BrN2O3/c1-18-9-12(13(19)15(18)21)14(20)17-7-3-5-10-4-2-6-11(16)8-10/h2,4,6,8,12H,3,5,7,9H2,1H3,(H,17,20). The molecule has 0 spiro atoms. The molecule has 1 aromatic rings. The second-order valence-electron chi connectivity index (χ2n) is 5.13. The number of aryl methyl sites for hydroxylation is 1. The van der Waals surface area contributed by atoms with E-state index in [4.69, 9.17) is 0 Å². The number of rotatable bonds is 5. The molecule has 1 aliphatic heterocycles. The molecule has 1 aromatic carbocycles. The summed E-state index contributed by atoms with van der Waals surface area (Å²) < 4.78 is 1.03. The van der Waals surface area contributed by atoms with Gasteiger partial charge in [-0.15, -0.1) is 0 Å². The quantitative estimate of drug-likeness (QED) is 0.491. The molecule has 0 aromatic heterocycles. The van der Waals surface area contributed by atoms with Crippen molar-refractivity contribution in [3.8, 4) is 0 Å². The first-order valence-electron chi connectivity index (χ1n) is 6.80. The maximum Gasteiger partial charge on any atom is 0.290 e. The van der Waals surface area contributed by atoms with Crippen LogP contribution in [0.4, 0.5) is 0 Å². The van der Waals surface area contributed by atoms with Crippen molar-refractivity contribution in [2.75, 3.05) is 20.1 Å². The van der Waals surface area contributed by atoms with E-state index in [1.807, 2.05) is 24.3 Å². The first-order chi connectivity index (χ1) is 9.99. The minimum Gasteiger partial charge on any atom is -0.355 e. The zero-order chi connectivity index (χ0) is 15.4. The van der Waals surface area contributed by atoms with Crippen LogP contribution < -0.4 is 5.32 Å². The fourth-order valence-electron chi connectivity index (χ4n) is 2.30. The SMILES string of the molecule is CN1CC(C(=O)NCCCc2cccc(Br)c2)C(=O)C1=O. The Morgan fingerprint density at radius 2 is 2.19 bits per heavy atom. The van der Waals surface area contributed by atoms with Crippen LogP contribution in [0.2, 0.25) is 0 Å². The summed E-state index contributed by atoms with van der Waals surface area (Å²) in [6.07, 6.45) is 1.63. The summed E-state index contributed by atoms with van der Waals surface area (Å²) in [7, 11) is 1.53. The van der Waals surface area contributed by atoms with Gasteiger partial charge in [-0.05, 0) is 30.5 Å². The van der Waals surface area contributed by atoms with Crippen LogP contribution in [-0.2, 0) is 20.8 Å². The highest BCUT2D eigenvalue weighted by Gasteiger charge is 2.41. The first-order valence-corrected chi connectivity index (χ1v) is 7.60. The molecule has 0 aliphatic carbocycles. The van der Waals surface area contributed by atoms with Crippen LogP contribution in [0.3, 0.4) is 0 Å². The molecule has 2 amide bonds.